The summed E-state index contributed by atoms with van der Waals surface area (Å²) in [6, 6.07) is 11.6. The Labute approximate surface area is 271 Å². The van der Waals surface area contributed by atoms with Crippen LogP contribution in [0.25, 0.3) is 0 Å². The van der Waals surface area contributed by atoms with Gasteiger partial charge in [0.1, 0.15) is 5.75 Å². The number of amides is 1. The highest BCUT2D eigenvalue weighted by Crippen LogP contribution is 2.47. The number of halogens is 1. The molecular weight excluding hydrogens is 612 g/mol. The van der Waals surface area contributed by atoms with Crippen LogP contribution in [0.4, 0.5) is 5.69 Å². The second-order valence-corrected chi connectivity index (χ2v) is 16.0. The van der Waals surface area contributed by atoms with E-state index in [0.29, 0.717) is 50.1 Å². The smallest absolute Gasteiger partial charge is 0.264 e. The third-order valence-electron chi connectivity index (χ3n) is 11.0. The molecule has 0 saturated heterocycles. The molecule has 1 amide bonds. The van der Waals surface area contributed by atoms with E-state index in [9.17, 15) is 13.2 Å². The van der Waals surface area contributed by atoms with E-state index in [0.717, 1.165) is 68.1 Å². The Morgan fingerprint density at radius 1 is 1.09 bits per heavy atom. The first kappa shape index (κ1) is 31.0. The van der Waals surface area contributed by atoms with Gasteiger partial charge in [0.2, 0.25) is 10.0 Å². The molecule has 6 atom stereocenters. The molecule has 2 aliphatic heterocycles. The molecule has 2 heterocycles. The van der Waals surface area contributed by atoms with Gasteiger partial charge in [-0.15, -0.1) is 0 Å². The number of fused-ring (bicyclic) bond motifs is 5. The fraction of sp³-hybridized carbons (Fsp3) is 0.571. The predicted molar refractivity (Wildman–Crippen MR) is 175 cm³/mol. The van der Waals surface area contributed by atoms with E-state index in [2.05, 4.69) is 33.9 Å². The summed E-state index contributed by atoms with van der Waals surface area (Å²) in [6.07, 6.45) is 11.4. The fourth-order valence-corrected chi connectivity index (χ4v) is 10.2. The van der Waals surface area contributed by atoms with Crippen LogP contribution in [0.2, 0.25) is 5.02 Å². The number of nitrogens with zero attached hydrogens (tertiary/aromatic N) is 1. The summed E-state index contributed by atoms with van der Waals surface area (Å²) in [4.78, 5) is 15.9. The lowest BCUT2D eigenvalue weighted by Crippen LogP contribution is -2.50. The Bertz CT molecular complexity index is 1580. The zero-order chi connectivity index (χ0) is 31.2. The normalized spacial score (nSPS) is 32.8. The summed E-state index contributed by atoms with van der Waals surface area (Å²) in [5.41, 5.74) is 3.48. The molecule has 242 valence electrons. The second kappa shape index (κ2) is 12.5. The van der Waals surface area contributed by atoms with E-state index in [1.54, 1.807) is 13.2 Å². The molecule has 2 aromatic rings. The standard InChI is InChI=1S/C35H43ClN2O6S/c1-42-16-17-43-31-6-2-4-23-9-14-33(23)45(40,41)37-34(39)25-8-13-32-30(19-25)38(20-26-7-11-28(26)31)21-35(22-44-32)15-3-5-24-18-27(36)10-12-29(24)35/h2,6,8,10,12-13,18-19,23,26,28,31,33H,3-5,7,9,11,14-17,20-22H2,1H3,(H,37,39)/b6-2-/t23-,26+,28-,31+,33-,35+/m1/s1. The number of ether oxygens (including phenoxy) is 3. The van der Waals surface area contributed by atoms with Crippen LogP contribution >= 0.6 is 11.6 Å². The highest BCUT2D eigenvalue weighted by Gasteiger charge is 2.45. The monoisotopic (exact) mass is 654 g/mol. The van der Waals surface area contributed by atoms with Gasteiger partial charge in [-0.3, -0.25) is 4.79 Å². The van der Waals surface area contributed by atoms with Gasteiger partial charge >= 0.3 is 0 Å². The van der Waals surface area contributed by atoms with Crippen molar-refractivity contribution < 1.29 is 27.4 Å². The number of carbonyl (C=O) groups excluding carboxylic acids is 1. The molecule has 3 aliphatic carbocycles. The Kier molecular flexibility index (Phi) is 8.65. The van der Waals surface area contributed by atoms with Crippen molar-refractivity contribution in [2.45, 2.75) is 68.1 Å². The van der Waals surface area contributed by atoms with Crippen molar-refractivity contribution in [3.8, 4) is 5.75 Å². The lowest BCUT2D eigenvalue weighted by atomic mass is 9.68. The van der Waals surface area contributed by atoms with Crippen molar-refractivity contribution >= 4 is 33.2 Å². The van der Waals surface area contributed by atoms with Crippen molar-refractivity contribution in [1.82, 2.24) is 4.72 Å². The van der Waals surface area contributed by atoms with Gasteiger partial charge in [-0.05, 0) is 111 Å². The van der Waals surface area contributed by atoms with Gasteiger partial charge in [-0.1, -0.05) is 29.8 Å². The summed E-state index contributed by atoms with van der Waals surface area (Å²) in [5, 5.41) is 0.168. The summed E-state index contributed by atoms with van der Waals surface area (Å²) in [7, 11) is -2.15. The molecule has 10 heteroatoms. The average Bonchev–Trinajstić information content (AvgIpc) is 3.12. The molecule has 1 N–H and O–H groups in total. The first-order valence-corrected chi connectivity index (χ1v) is 18.3. The highest BCUT2D eigenvalue weighted by atomic mass is 35.5. The van der Waals surface area contributed by atoms with Crippen LogP contribution in [0.3, 0.4) is 0 Å². The Balaban J connectivity index is 1.28. The Hall–Kier alpha value is -2.59. The number of anilines is 1. The van der Waals surface area contributed by atoms with Crippen LogP contribution in [0.15, 0.2) is 48.6 Å². The van der Waals surface area contributed by atoms with Gasteiger partial charge in [0.15, 0.2) is 0 Å². The van der Waals surface area contributed by atoms with Crippen molar-refractivity contribution in [2.24, 2.45) is 17.8 Å². The second-order valence-electron chi connectivity index (χ2n) is 13.6. The number of sulfonamides is 1. The first-order chi connectivity index (χ1) is 21.8. The first-order valence-electron chi connectivity index (χ1n) is 16.4. The zero-order valence-corrected chi connectivity index (χ0v) is 27.5. The summed E-state index contributed by atoms with van der Waals surface area (Å²) < 4.78 is 47.4. The molecular formula is C35H43ClN2O6S. The minimum atomic E-state index is -3.83. The maximum Gasteiger partial charge on any atom is 0.264 e. The number of rotatable bonds is 4. The largest absolute Gasteiger partial charge is 0.490 e. The molecule has 0 aromatic heterocycles. The van der Waals surface area contributed by atoms with Gasteiger partial charge in [-0.2, -0.15) is 0 Å². The molecule has 2 bridgehead atoms. The molecule has 1 spiro atoms. The topological polar surface area (TPSA) is 94.2 Å². The van der Waals surface area contributed by atoms with E-state index in [1.165, 1.54) is 11.1 Å². The Morgan fingerprint density at radius 2 is 1.96 bits per heavy atom. The van der Waals surface area contributed by atoms with Gasteiger partial charge in [0, 0.05) is 36.2 Å². The lowest BCUT2D eigenvalue weighted by molar-refractivity contribution is -0.0310. The molecule has 2 aromatic carbocycles. The van der Waals surface area contributed by atoms with Crippen LogP contribution in [0.5, 0.6) is 5.75 Å². The SMILES string of the molecule is COCCO[C@H]1/C=C\C[C@@H]2CC[C@H]2S(=O)(=O)NC(=O)c2ccc3c(c2)N(C[C@@H]2CC[C@H]21)C[C@@]1(CCCc2cc(Cl)ccc21)CO3. The van der Waals surface area contributed by atoms with E-state index >= 15 is 0 Å². The lowest BCUT2D eigenvalue weighted by Gasteiger charge is -2.46. The number of carbonyl (C=O) groups is 1. The van der Waals surface area contributed by atoms with Gasteiger partial charge in [0.05, 0.1) is 36.9 Å². The number of hydrogen-bond donors (Lipinski definition) is 1. The van der Waals surface area contributed by atoms with E-state index in [-0.39, 0.29) is 17.4 Å². The van der Waals surface area contributed by atoms with E-state index < -0.39 is 21.2 Å². The number of hydrogen-bond acceptors (Lipinski definition) is 7. The Morgan fingerprint density at radius 3 is 2.73 bits per heavy atom. The molecule has 8 nitrogen and oxygen atoms in total. The highest BCUT2D eigenvalue weighted by molar-refractivity contribution is 7.90. The molecule has 2 fully saturated rings. The average molecular weight is 655 g/mol. The van der Waals surface area contributed by atoms with Crippen LogP contribution < -0.4 is 14.4 Å². The number of benzene rings is 2. The zero-order valence-electron chi connectivity index (χ0n) is 25.9. The summed E-state index contributed by atoms with van der Waals surface area (Å²) >= 11 is 6.43. The minimum absolute atomic E-state index is 0.0170. The van der Waals surface area contributed by atoms with Gasteiger partial charge in [0.25, 0.3) is 5.91 Å². The van der Waals surface area contributed by atoms with E-state index in [4.69, 9.17) is 25.8 Å². The fourth-order valence-electron chi connectivity index (χ4n) is 8.25. The number of aryl methyl sites for hydroxylation is 1. The number of allylic oxidation sites excluding steroid dienone is 1. The van der Waals surface area contributed by atoms with Crippen LogP contribution in [0, 0.1) is 17.8 Å². The third-order valence-corrected chi connectivity index (χ3v) is 13.1. The van der Waals surface area contributed by atoms with Crippen molar-refractivity contribution in [2.75, 3.05) is 44.9 Å². The predicted octanol–water partition coefficient (Wildman–Crippen LogP) is 5.67. The van der Waals surface area contributed by atoms with Gasteiger partial charge < -0.3 is 19.1 Å². The summed E-state index contributed by atoms with van der Waals surface area (Å²) in [5.74, 6) is 0.837. The van der Waals surface area contributed by atoms with Crippen LogP contribution in [-0.2, 0) is 31.3 Å². The van der Waals surface area contributed by atoms with Crippen LogP contribution in [-0.4, -0.2) is 65.7 Å². The molecule has 0 unspecified atom stereocenters. The minimum Gasteiger partial charge on any atom is -0.490 e. The molecule has 45 heavy (non-hydrogen) atoms. The van der Waals surface area contributed by atoms with Crippen molar-refractivity contribution in [1.29, 1.82) is 0 Å². The van der Waals surface area contributed by atoms with Gasteiger partial charge in [-0.25, -0.2) is 13.1 Å². The maximum atomic E-state index is 13.5. The number of nitrogens with one attached hydrogen (secondary N) is 1. The molecule has 0 radical (unpaired) electrons. The van der Waals surface area contributed by atoms with Crippen molar-refractivity contribution in [3.05, 3.63) is 70.3 Å². The molecule has 5 aliphatic rings. The number of methoxy groups -OCH3 is 1. The quantitative estimate of drug-likeness (QED) is 0.336. The third kappa shape index (κ3) is 6.01. The maximum absolute atomic E-state index is 13.5. The van der Waals surface area contributed by atoms with Crippen LogP contribution in [0.1, 0.15) is 66.4 Å². The molecule has 2 saturated carbocycles. The van der Waals surface area contributed by atoms with E-state index in [1.807, 2.05) is 18.2 Å². The molecule has 7 rings (SSSR count). The van der Waals surface area contributed by atoms with Crippen molar-refractivity contribution in [3.63, 3.8) is 0 Å². The summed E-state index contributed by atoms with van der Waals surface area (Å²) in [6.45, 7) is 3.07.